The molecule has 0 unspecified atom stereocenters. The minimum atomic E-state index is -0.329. The second-order valence-electron chi connectivity index (χ2n) is 4.71. The Kier molecular flexibility index (Phi) is 3.44. The predicted octanol–water partition coefficient (Wildman–Crippen LogP) is 2.50. The molecule has 1 aliphatic rings. The number of rotatable bonds is 3. The smallest absolute Gasteiger partial charge is 0.213 e. The van der Waals surface area contributed by atoms with Gasteiger partial charge in [-0.05, 0) is 31.2 Å². The summed E-state index contributed by atoms with van der Waals surface area (Å²) in [5.74, 6) is 1.04. The third kappa shape index (κ3) is 2.53. The van der Waals surface area contributed by atoms with E-state index < -0.39 is 0 Å². The van der Waals surface area contributed by atoms with E-state index in [1.54, 1.807) is 0 Å². The van der Waals surface area contributed by atoms with Crippen LogP contribution in [0.25, 0.3) is 0 Å². The lowest BCUT2D eigenvalue weighted by atomic mass is 10.1. The molecule has 1 heterocycles. The van der Waals surface area contributed by atoms with Gasteiger partial charge >= 0.3 is 0 Å². The summed E-state index contributed by atoms with van der Waals surface area (Å²) in [5.41, 5.74) is 1.03. The van der Waals surface area contributed by atoms with Crippen molar-refractivity contribution < 1.29 is 9.84 Å². The molecule has 1 aromatic rings. The van der Waals surface area contributed by atoms with Crippen molar-refractivity contribution in [3.05, 3.63) is 23.9 Å². The summed E-state index contributed by atoms with van der Waals surface area (Å²) < 4.78 is 5.72. The fraction of sp³-hybridized carbons (Fsp3) is 0.615. The molecule has 16 heavy (non-hydrogen) atoms. The van der Waals surface area contributed by atoms with E-state index in [9.17, 15) is 5.11 Å². The van der Waals surface area contributed by atoms with Crippen LogP contribution in [0.2, 0.25) is 0 Å². The van der Waals surface area contributed by atoms with Crippen molar-refractivity contribution in [3.63, 3.8) is 0 Å². The van der Waals surface area contributed by atoms with Gasteiger partial charge in [0.1, 0.15) is 6.10 Å². The largest absolute Gasteiger partial charge is 0.472 e. The fourth-order valence-corrected chi connectivity index (χ4v) is 2.02. The Morgan fingerprint density at radius 3 is 2.81 bits per heavy atom. The number of aromatic nitrogens is 1. The SMILES string of the molecule is CC(C)c1cccc(O[C@H]2CCC[C@H]2O)n1. The van der Waals surface area contributed by atoms with Gasteiger partial charge in [0.25, 0.3) is 0 Å². The quantitative estimate of drug-likeness (QED) is 0.852. The monoisotopic (exact) mass is 221 g/mol. The van der Waals surface area contributed by atoms with Gasteiger partial charge in [-0.3, -0.25) is 0 Å². The number of hydrogen-bond acceptors (Lipinski definition) is 3. The zero-order valence-electron chi connectivity index (χ0n) is 9.89. The second-order valence-corrected chi connectivity index (χ2v) is 4.71. The molecule has 2 atom stereocenters. The average Bonchev–Trinajstić information content (AvgIpc) is 2.65. The molecular weight excluding hydrogens is 202 g/mol. The van der Waals surface area contributed by atoms with E-state index in [0.717, 1.165) is 25.0 Å². The molecule has 88 valence electrons. The van der Waals surface area contributed by atoms with Crippen molar-refractivity contribution in [1.29, 1.82) is 0 Å². The van der Waals surface area contributed by atoms with Crippen LogP contribution in [-0.2, 0) is 0 Å². The van der Waals surface area contributed by atoms with Gasteiger partial charge in [0, 0.05) is 11.8 Å². The van der Waals surface area contributed by atoms with Crippen LogP contribution >= 0.6 is 0 Å². The molecule has 0 saturated heterocycles. The normalized spacial score (nSPS) is 25.0. The first-order chi connectivity index (χ1) is 7.66. The van der Waals surface area contributed by atoms with Gasteiger partial charge in [-0.15, -0.1) is 0 Å². The summed E-state index contributed by atoms with van der Waals surface area (Å²) in [7, 11) is 0. The molecule has 0 aromatic carbocycles. The Labute approximate surface area is 96.5 Å². The highest BCUT2D eigenvalue weighted by atomic mass is 16.5. The first-order valence-electron chi connectivity index (χ1n) is 5.98. The standard InChI is InChI=1S/C13H19NO2/c1-9(2)10-5-3-8-13(14-10)16-12-7-4-6-11(12)15/h3,5,8-9,11-12,15H,4,6-7H2,1-2H3/t11-,12+/m1/s1. The Balaban J connectivity index is 2.06. The van der Waals surface area contributed by atoms with Gasteiger partial charge < -0.3 is 9.84 Å². The third-order valence-electron chi connectivity index (χ3n) is 3.03. The molecule has 0 spiro atoms. The first-order valence-corrected chi connectivity index (χ1v) is 5.98. The highest BCUT2D eigenvalue weighted by molar-refractivity contribution is 5.18. The maximum atomic E-state index is 9.68. The van der Waals surface area contributed by atoms with Crippen molar-refractivity contribution in [2.24, 2.45) is 0 Å². The summed E-state index contributed by atoms with van der Waals surface area (Å²) in [5, 5.41) is 9.68. The minimum absolute atomic E-state index is 0.0742. The lowest BCUT2D eigenvalue weighted by Crippen LogP contribution is -2.26. The van der Waals surface area contributed by atoms with E-state index >= 15 is 0 Å². The van der Waals surface area contributed by atoms with Gasteiger partial charge in [-0.1, -0.05) is 19.9 Å². The lowest BCUT2D eigenvalue weighted by molar-refractivity contribution is 0.0572. The molecule has 1 aromatic heterocycles. The number of pyridine rings is 1. The van der Waals surface area contributed by atoms with E-state index in [1.165, 1.54) is 0 Å². The van der Waals surface area contributed by atoms with E-state index in [0.29, 0.717) is 11.8 Å². The molecule has 0 bridgehead atoms. The van der Waals surface area contributed by atoms with E-state index in [4.69, 9.17) is 4.74 Å². The summed E-state index contributed by atoms with van der Waals surface area (Å²) in [4.78, 5) is 4.44. The van der Waals surface area contributed by atoms with E-state index in [1.807, 2.05) is 18.2 Å². The maximum Gasteiger partial charge on any atom is 0.213 e. The number of hydrogen-bond donors (Lipinski definition) is 1. The molecule has 3 heteroatoms. The van der Waals surface area contributed by atoms with E-state index in [2.05, 4.69) is 18.8 Å². The summed E-state index contributed by atoms with van der Waals surface area (Å²) in [6, 6.07) is 5.82. The van der Waals surface area contributed by atoms with Crippen molar-refractivity contribution in [1.82, 2.24) is 4.98 Å². The highest BCUT2D eigenvalue weighted by Crippen LogP contribution is 2.24. The van der Waals surface area contributed by atoms with Crippen LogP contribution in [-0.4, -0.2) is 22.3 Å². The Hall–Kier alpha value is -1.09. The van der Waals surface area contributed by atoms with Gasteiger partial charge in [0.2, 0.25) is 5.88 Å². The molecule has 0 aliphatic heterocycles. The van der Waals surface area contributed by atoms with Gasteiger partial charge in [0.15, 0.2) is 0 Å². The van der Waals surface area contributed by atoms with Crippen molar-refractivity contribution in [3.8, 4) is 5.88 Å². The van der Waals surface area contributed by atoms with Crippen molar-refractivity contribution in [2.75, 3.05) is 0 Å². The van der Waals surface area contributed by atoms with Gasteiger partial charge in [0.05, 0.1) is 6.10 Å². The number of aliphatic hydroxyl groups is 1. The summed E-state index contributed by atoms with van der Waals surface area (Å²) >= 11 is 0. The van der Waals surface area contributed by atoms with Crippen LogP contribution in [0.15, 0.2) is 18.2 Å². The van der Waals surface area contributed by atoms with Crippen LogP contribution in [0.3, 0.4) is 0 Å². The zero-order chi connectivity index (χ0) is 11.5. The van der Waals surface area contributed by atoms with E-state index in [-0.39, 0.29) is 12.2 Å². The van der Waals surface area contributed by atoms with Crippen molar-refractivity contribution in [2.45, 2.75) is 51.2 Å². The number of ether oxygens (including phenoxy) is 1. The Morgan fingerprint density at radius 2 is 2.19 bits per heavy atom. The molecule has 0 amide bonds. The molecule has 2 rings (SSSR count). The van der Waals surface area contributed by atoms with Crippen LogP contribution in [0.4, 0.5) is 0 Å². The minimum Gasteiger partial charge on any atom is -0.472 e. The molecule has 0 radical (unpaired) electrons. The Morgan fingerprint density at radius 1 is 1.38 bits per heavy atom. The van der Waals surface area contributed by atoms with Gasteiger partial charge in [-0.25, -0.2) is 4.98 Å². The van der Waals surface area contributed by atoms with Crippen molar-refractivity contribution >= 4 is 0 Å². The third-order valence-corrected chi connectivity index (χ3v) is 3.03. The second kappa shape index (κ2) is 4.83. The van der Waals surface area contributed by atoms with Crippen LogP contribution in [0.1, 0.15) is 44.7 Å². The molecule has 1 saturated carbocycles. The van der Waals surface area contributed by atoms with Crippen LogP contribution in [0, 0.1) is 0 Å². The molecular formula is C13H19NO2. The molecule has 1 N–H and O–H groups in total. The van der Waals surface area contributed by atoms with Crippen LogP contribution in [0.5, 0.6) is 5.88 Å². The summed E-state index contributed by atoms with van der Waals surface area (Å²) in [6.45, 7) is 4.22. The van der Waals surface area contributed by atoms with Gasteiger partial charge in [-0.2, -0.15) is 0 Å². The fourth-order valence-electron chi connectivity index (χ4n) is 2.02. The average molecular weight is 221 g/mol. The zero-order valence-corrected chi connectivity index (χ0v) is 9.89. The molecule has 1 aliphatic carbocycles. The highest BCUT2D eigenvalue weighted by Gasteiger charge is 2.27. The predicted molar refractivity (Wildman–Crippen MR) is 62.6 cm³/mol. The summed E-state index contributed by atoms with van der Waals surface area (Å²) in [6.07, 6.45) is 2.40. The Bertz CT molecular complexity index is 352. The van der Waals surface area contributed by atoms with Crippen LogP contribution < -0.4 is 4.74 Å². The lowest BCUT2D eigenvalue weighted by Gasteiger charge is -2.17. The topological polar surface area (TPSA) is 42.4 Å². The maximum absolute atomic E-state index is 9.68. The number of aliphatic hydroxyl groups excluding tert-OH is 1. The number of nitrogens with zero attached hydrogens (tertiary/aromatic N) is 1. The first kappa shape index (κ1) is 11.4. The molecule has 3 nitrogen and oxygen atoms in total. The molecule has 1 fully saturated rings.